The first-order chi connectivity index (χ1) is 12.4. The molecule has 1 aromatic rings. The van der Waals surface area contributed by atoms with Crippen molar-refractivity contribution in [1.29, 1.82) is 0 Å². The molecular weight excluding hydrogens is 338 g/mol. The van der Waals surface area contributed by atoms with Crippen LogP contribution in [0.25, 0.3) is 0 Å². The summed E-state index contributed by atoms with van der Waals surface area (Å²) in [5, 5.41) is 13.5. The van der Waals surface area contributed by atoms with E-state index in [2.05, 4.69) is 10.6 Å². The van der Waals surface area contributed by atoms with Crippen LogP contribution in [0.5, 0.6) is 0 Å². The Morgan fingerprint density at radius 3 is 2.46 bits per heavy atom. The van der Waals surface area contributed by atoms with Gasteiger partial charge in [0.2, 0.25) is 17.7 Å². The number of hydrogen-bond acceptors (Lipinski definition) is 4. The molecule has 1 aliphatic heterocycles. The van der Waals surface area contributed by atoms with Crippen molar-refractivity contribution >= 4 is 29.4 Å². The molecule has 0 spiro atoms. The average Bonchev–Trinajstić information content (AvgIpc) is 2.79. The molecule has 1 saturated heterocycles. The van der Waals surface area contributed by atoms with Gasteiger partial charge in [0.1, 0.15) is 6.54 Å². The zero-order valence-electron chi connectivity index (χ0n) is 14.5. The van der Waals surface area contributed by atoms with Crippen LogP contribution in [0.1, 0.15) is 31.2 Å². The lowest BCUT2D eigenvalue weighted by atomic mass is 10.1. The summed E-state index contributed by atoms with van der Waals surface area (Å²) in [6, 6.07) is 6.71. The van der Waals surface area contributed by atoms with Gasteiger partial charge in [-0.3, -0.25) is 19.2 Å². The molecule has 1 fully saturated rings. The van der Waals surface area contributed by atoms with Gasteiger partial charge < -0.3 is 20.6 Å². The number of aliphatic carboxylic acids is 1. The van der Waals surface area contributed by atoms with Crippen molar-refractivity contribution in [2.24, 2.45) is 0 Å². The van der Waals surface area contributed by atoms with Gasteiger partial charge in [-0.1, -0.05) is 18.6 Å². The minimum atomic E-state index is -1.10. The van der Waals surface area contributed by atoms with E-state index < -0.39 is 12.5 Å². The molecule has 1 aliphatic rings. The predicted molar refractivity (Wildman–Crippen MR) is 94.5 cm³/mol. The number of rotatable bonds is 7. The number of nitrogens with zero attached hydrogens (tertiary/aromatic N) is 1. The Morgan fingerprint density at radius 1 is 1.04 bits per heavy atom. The predicted octanol–water partition coefficient (Wildman–Crippen LogP) is 0.771. The fraction of sp³-hybridized carbons (Fsp3) is 0.444. The molecular formula is C18H23N3O5. The van der Waals surface area contributed by atoms with Crippen LogP contribution in [0.3, 0.4) is 0 Å². The summed E-state index contributed by atoms with van der Waals surface area (Å²) in [5.41, 5.74) is 1.28. The quantitative estimate of drug-likeness (QED) is 0.663. The Kier molecular flexibility index (Phi) is 7.13. The van der Waals surface area contributed by atoms with E-state index in [0.29, 0.717) is 24.2 Å². The Bertz CT molecular complexity index is 672. The van der Waals surface area contributed by atoms with Crippen LogP contribution in [0.2, 0.25) is 0 Å². The van der Waals surface area contributed by atoms with Gasteiger partial charge in [-0.2, -0.15) is 0 Å². The number of carbonyl (C=O) groups is 4. The van der Waals surface area contributed by atoms with Crippen molar-refractivity contribution < 1.29 is 24.3 Å². The minimum Gasteiger partial charge on any atom is -0.480 e. The van der Waals surface area contributed by atoms with E-state index in [1.165, 1.54) is 0 Å². The van der Waals surface area contributed by atoms with E-state index in [-0.39, 0.29) is 30.7 Å². The van der Waals surface area contributed by atoms with Gasteiger partial charge in [0, 0.05) is 18.7 Å². The number of carboxylic acids is 1. The second-order valence-electron chi connectivity index (χ2n) is 6.22. The molecule has 3 amide bonds. The lowest BCUT2D eigenvalue weighted by molar-refractivity contribution is -0.137. The third-order valence-corrected chi connectivity index (χ3v) is 4.05. The lowest BCUT2D eigenvalue weighted by Gasteiger charge is -2.19. The zero-order chi connectivity index (χ0) is 18.9. The van der Waals surface area contributed by atoms with E-state index in [0.717, 1.165) is 19.3 Å². The lowest BCUT2D eigenvalue weighted by Crippen LogP contribution is -2.37. The molecule has 1 aromatic carbocycles. The van der Waals surface area contributed by atoms with Crippen molar-refractivity contribution in [2.45, 2.75) is 32.1 Å². The number of carbonyl (C=O) groups excluding carboxylic acids is 3. The van der Waals surface area contributed by atoms with Crippen molar-refractivity contribution in [3.05, 3.63) is 29.8 Å². The monoisotopic (exact) mass is 361 g/mol. The molecule has 1 heterocycles. The molecule has 0 bridgehead atoms. The van der Waals surface area contributed by atoms with Crippen molar-refractivity contribution in [1.82, 2.24) is 10.2 Å². The van der Waals surface area contributed by atoms with Crippen LogP contribution >= 0.6 is 0 Å². The SMILES string of the molecule is O=C(O)CNC(=O)Cc1ccc(NC(=O)CN2CCCCCC2=O)cc1. The van der Waals surface area contributed by atoms with Crippen molar-refractivity contribution in [2.75, 3.05) is 25.0 Å². The maximum atomic E-state index is 12.1. The van der Waals surface area contributed by atoms with E-state index >= 15 is 0 Å². The third-order valence-electron chi connectivity index (χ3n) is 4.05. The highest BCUT2D eigenvalue weighted by molar-refractivity contribution is 5.94. The molecule has 0 atom stereocenters. The van der Waals surface area contributed by atoms with Crippen LogP contribution in [0.4, 0.5) is 5.69 Å². The number of carboxylic acid groups (broad SMARTS) is 1. The Hall–Kier alpha value is -2.90. The van der Waals surface area contributed by atoms with Gasteiger partial charge in [0.25, 0.3) is 0 Å². The highest BCUT2D eigenvalue weighted by Crippen LogP contribution is 2.13. The molecule has 0 aromatic heterocycles. The molecule has 8 nitrogen and oxygen atoms in total. The van der Waals surface area contributed by atoms with E-state index in [1.807, 2.05) is 0 Å². The molecule has 0 saturated carbocycles. The largest absolute Gasteiger partial charge is 0.480 e. The summed E-state index contributed by atoms with van der Waals surface area (Å²) in [5.74, 6) is -1.73. The number of benzene rings is 1. The molecule has 2 rings (SSSR count). The number of nitrogens with one attached hydrogen (secondary N) is 2. The molecule has 0 aliphatic carbocycles. The summed E-state index contributed by atoms with van der Waals surface area (Å²) >= 11 is 0. The standard InChI is InChI=1S/C18H23N3O5/c22-15(19-11-18(25)26)10-13-5-7-14(8-6-13)20-16(23)12-21-9-3-1-2-4-17(21)24/h5-8H,1-4,9-12H2,(H,19,22)(H,20,23)(H,25,26). The zero-order valence-corrected chi connectivity index (χ0v) is 14.5. The fourth-order valence-corrected chi connectivity index (χ4v) is 2.71. The maximum absolute atomic E-state index is 12.1. The second kappa shape index (κ2) is 9.55. The first-order valence-electron chi connectivity index (χ1n) is 8.59. The van der Waals surface area contributed by atoms with Gasteiger partial charge in [0.15, 0.2) is 0 Å². The fourth-order valence-electron chi connectivity index (χ4n) is 2.71. The van der Waals surface area contributed by atoms with Gasteiger partial charge in [0.05, 0.1) is 13.0 Å². The van der Waals surface area contributed by atoms with Gasteiger partial charge in [-0.25, -0.2) is 0 Å². The Balaban J connectivity index is 1.82. The number of anilines is 1. The van der Waals surface area contributed by atoms with Crippen molar-refractivity contribution in [3.8, 4) is 0 Å². The first kappa shape index (κ1) is 19.4. The third kappa shape index (κ3) is 6.54. The summed E-state index contributed by atoms with van der Waals surface area (Å²) in [7, 11) is 0. The van der Waals surface area contributed by atoms with E-state index in [1.54, 1.807) is 29.2 Å². The first-order valence-corrected chi connectivity index (χ1v) is 8.59. The summed E-state index contributed by atoms with van der Waals surface area (Å²) in [6.45, 7) is 0.233. The van der Waals surface area contributed by atoms with E-state index in [4.69, 9.17) is 5.11 Å². The van der Waals surface area contributed by atoms with Crippen LogP contribution in [-0.2, 0) is 25.6 Å². The van der Waals surface area contributed by atoms with E-state index in [9.17, 15) is 19.2 Å². The molecule has 0 radical (unpaired) electrons. The molecule has 26 heavy (non-hydrogen) atoms. The highest BCUT2D eigenvalue weighted by Gasteiger charge is 2.19. The Labute approximate surface area is 151 Å². The Morgan fingerprint density at radius 2 is 1.77 bits per heavy atom. The van der Waals surface area contributed by atoms with Gasteiger partial charge in [-0.15, -0.1) is 0 Å². The number of amides is 3. The topological polar surface area (TPSA) is 116 Å². The van der Waals surface area contributed by atoms with Crippen LogP contribution in [-0.4, -0.2) is 53.3 Å². The second-order valence-corrected chi connectivity index (χ2v) is 6.22. The van der Waals surface area contributed by atoms with Crippen LogP contribution in [0.15, 0.2) is 24.3 Å². The van der Waals surface area contributed by atoms with Crippen molar-refractivity contribution in [3.63, 3.8) is 0 Å². The number of likely N-dealkylation sites (tertiary alicyclic amines) is 1. The smallest absolute Gasteiger partial charge is 0.322 e. The van der Waals surface area contributed by atoms with Crippen LogP contribution in [0, 0.1) is 0 Å². The molecule has 8 heteroatoms. The van der Waals surface area contributed by atoms with Crippen LogP contribution < -0.4 is 10.6 Å². The molecule has 3 N–H and O–H groups in total. The summed E-state index contributed by atoms with van der Waals surface area (Å²) in [6.07, 6.45) is 3.34. The average molecular weight is 361 g/mol. The number of hydrogen-bond donors (Lipinski definition) is 3. The highest BCUT2D eigenvalue weighted by atomic mass is 16.4. The molecule has 0 unspecified atom stereocenters. The normalized spacial score (nSPS) is 14.5. The minimum absolute atomic E-state index is 0.0142. The summed E-state index contributed by atoms with van der Waals surface area (Å²) < 4.78 is 0. The van der Waals surface area contributed by atoms with Gasteiger partial charge >= 0.3 is 5.97 Å². The summed E-state index contributed by atoms with van der Waals surface area (Å²) in [4.78, 5) is 47.6. The maximum Gasteiger partial charge on any atom is 0.322 e. The molecule has 140 valence electrons. The van der Waals surface area contributed by atoms with Gasteiger partial charge in [-0.05, 0) is 30.5 Å².